The summed E-state index contributed by atoms with van der Waals surface area (Å²) in [5.74, 6) is -4.40. The maximum atomic E-state index is 12.3. The second-order valence-corrected chi connectivity index (χ2v) is 6.25. The van der Waals surface area contributed by atoms with E-state index in [9.17, 15) is 29.4 Å². The van der Waals surface area contributed by atoms with E-state index >= 15 is 0 Å². The van der Waals surface area contributed by atoms with E-state index in [2.05, 4.69) is 0 Å². The zero-order valence-electron chi connectivity index (χ0n) is 13.1. The van der Waals surface area contributed by atoms with Crippen LogP contribution in [-0.2, 0) is 14.4 Å². The number of allylic oxidation sites excluding steroid dienone is 2. The minimum Gasteiger partial charge on any atom is -0.550 e. The molecule has 0 N–H and O–H groups in total. The highest BCUT2D eigenvalue weighted by molar-refractivity contribution is 8.18. The van der Waals surface area contributed by atoms with Crippen LogP contribution in [0.15, 0.2) is 46.9 Å². The van der Waals surface area contributed by atoms with Gasteiger partial charge in [-0.2, -0.15) is 0 Å². The largest absolute Gasteiger partial charge is 0.550 e. The summed E-state index contributed by atoms with van der Waals surface area (Å²) in [6.45, 7) is 1.72. The van der Waals surface area contributed by atoms with Crippen LogP contribution in [0.5, 0.6) is 0 Å². The zero-order chi connectivity index (χ0) is 18.6. The summed E-state index contributed by atoms with van der Waals surface area (Å²) in [5, 5.41) is 20.9. The fraction of sp³-hybridized carbons (Fsp3) is 0.176. The summed E-state index contributed by atoms with van der Waals surface area (Å²) >= 11 is 0.547. The number of aliphatic carboxylic acids is 2. The summed E-state index contributed by atoms with van der Waals surface area (Å²) in [5.41, 5.74) is 1.56. The minimum atomic E-state index is -1.90. The van der Waals surface area contributed by atoms with Crippen LogP contribution in [0, 0.1) is 0 Å². The number of carbonyl (C=O) groups is 4. The Morgan fingerprint density at radius 2 is 1.84 bits per heavy atom. The molecule has 2 rings (SSSR count). The molecular formula is C17H13NO6S-2. The number of hydrogen-bond acceptors (Lipinski definition) is 7. The van der Waals surface area contributed by atoms with Crippen molar-refractivity contribution in [2.45, 2.75) is 19.4 Å². The van der Waals surface area contributed by atoms with Crippen LogP contribution in [0.4, 0.5) is 4.79 Å². The third-order valence-electron chi connectivity index (χ3n) is 3.32. The molecule has 0 aromatic heterocycles. The predicted octanol–water partition coefficient (Wildman–Crippen LogP) is -0.0723. The third kappa shape index (κ3) is 4.57. The summed E-state index contributed by atoms with van der Waals surface area (Å²) < 4.78 is 0. The standard InChI is InChI=1S/C17H15NO6S/c1-10(7-11-5-3-2-4-6-11)8-13-15(21)18(17(24)25-13)12(16(22)23)9-14(19)20/h2-8,12H,9H2,1H3,(H,19,20)(H,22,23)/p-2. The lowest BCUT2D eigenvalue weighted by Gasteiger charge is -2.26. The van der Waals surface area contributed by atoms with Crippen molar-refractivity contribution < 1.29 is 29.4 Å². The molecular weight excluding hydrogens is 346 g/mol. The molecule has 0 bridgehead atoms. The van der Waals surface area contributed by atoms with E-state index in [1.807, 2.05) is 30.3 Å². The van der Waals surface area contributed by atoms with Gasteiger partial charge in [-0.3, -0.25) is 14.5 Å². The van der Waals surface area contributed by atoms with Crippen molar-refractivity contribution in [3.63, 3.8) is 0 Å². The molecule has 7 nitrogen and oxygen atoms in total. The molecule has 1 aromatic carbocycles. The number of amides is 2. The number of carboxylic acids is 2. The van der Waals surface area contributed by atoms with E-state index in [1.54, 1.807) is 13.0 Å². The number of hydrogen-bond donors (Lipinski definition) is 0. The van der Waals surface area contributed by atoms with Gasteiger partial charge in [-0.25, -0.2) is 0 Å². The maximum Gasteiger partial charge on any atom is 0.294 e. The van der Waals surface area contributed by atoms with E-state index < -0.39 is 35.5 Å². The summed E-state index contributed by atoms with van der Waals surface area (Å²) in [7, 11) is 0. The van der Waals surface area contributed by atoms with Gasteiger partial charge in [0, 0.05) is 12.4 Å². The van der Waals surface area contributed by atoms with E-state index in [0.717, 1.165) is 5.56 Å². The number of carbonyl (C=O) groups excluding carboxylic acids is 4. The van der Waals surface area contributed by atoms with Crippen LogP contribution in [0.3, 0.4) is 0 Å². The highest BCUT2D eigenvalue weighted by atomic mass is 32.2. The van der Waals surface area contributed by atoms with Crippen molar-refractivity contribution in [1.29, 1.82) is 0 Å². The van der Waals surface area contributed by atoms with Crippen molar-refractivity contribution >= 4 is 40.9 Å². The number of nitrogens with zero attached hydrogens (tertiary/aromatic N) is 1. The fourth-order valence-electron chi connectivity index (χ4n) is 2.25. The number of thioether (sulfide) groups is 1. The van der Waals surface area contributed by atoms with Gasteiger partial charge in [0.2, 0.25) is 0 Å². The Hall–Kier alpha value is -2.87. The third-order valence-corrected chi connectivity index (χ3v) is 4.20. The quantitative estimate of drug-likeness (QED) is 0.652. The molecule has 1 heterocycles. The molecule has 1 unspecified atom stereocenters. The topological polar surface area (TPSA) is 118 Å². The van der Waals surface area contributed by atoms with Crippen molar-refractivity contribution in [2.75, 3.05) is 0 Å². The molecule has 1 fully saturated rings. The van der Waals surface area contributed by atoms with Gasteiger partial charge in [-0.1, -0.05) is 36.4 Å². The van der Waals surface area contributed by atoms with E-state index in [4.69, 9.17) is 0 Å². The highest BCUT2D eigenvalue weighted by Crippen LogP contribution is 2.33. The molecule has 1 aliphatic rings. The van der Waals surface area contributed by atoms with Crippen molar-refractivity contribution in [3.8, 4) is 0 Å². The van der Waals surface area contributed by atoms with Gasteiger partial charge in [-0.05, 0) is 35.9 Å². The van der Waals surface area contributed by atoms with Gasteiger partial charge in [0.1, 0.15) is 0 Å². The van der Waals surface area contributed by atoms with Gasteiger partial charge in [0.15, 0.2) is 0 Å². The Morgan fingerprint density at radius 3 is 2.40 bits per heavy atom. The lowest BCUT2D eigenvalue weighted by atomic mass is 10.1. The predicted molar refractivity (Wildman–Crippen MR) is 86.4 cm³/mol. The summed E-state index contributed by atoms with van der Waals surface area (Å²) in [4.78, 5) is 46.4. The second kappa shape index (κ2) is 7.80. The van der Waals surface area contributed by atoms with Crippen LogP contribution >= 0.6 is 11.8 Å². The van der Waals surface area contributed by atoms with Gasteiger partial charge in [0.25, 0.3) is 11.1 Å². The molecule has 1 aromatic rings. The first-order valence-electron chi connectivity index (χ1n) is 7.20. The van der Waals surface area contributed by atoms with E-state index in [-0.39, 0.29) is 4.91 Å². The smallest absolute Gasteiger partial charge is 0.294 e. The molecule has 0 radical (unpaired) electrons. The molecule has 0 spiro atoms. The van der Waals surface area contributed by atoms with Gasteiger partial charge in [-0.15, -0.1) is 0 Å². The molecule has 1 aliphatic heterocycles. The number of benzene rings is 1. The number of rotatable bonds is 6. The first-order chi connectivity index (χ1) is 11.8. The summed E-state index contributed by atoms with van der Waals surface area (Å²) in [6, 6.07) is 7.36. The molecule has 1 atom stereocenters. The van der Waals surface area contributed by atoms with Gasteiger partial charge >= 0.3 is 0 Å². The van der Waals surface area contributed by atoms with Crippen LogP contribution in [0.1, 0.15) is 18.9 Å². The highest BCUT2D eigenvalue weighted by Gasteiger charge is 2.40. The molecule has 1 saturated heterocycles. The Bertz CT molecular complexity index is 784. The zero-order valence-corrected chi connectivity index (χ0v) is 13.9. The lowest BCUT2D eigenvalue weighted by molar-refractivity contribution is -0.319. The molecule has 8 heteroatoms. The van der Waals surface area contributed by atoms with Crippen LogP contribution < -0.4 is 10.2 Å². The SMILES string of the molecule is CC(=Cc1ccccc1)C=C1SC(=O)N(C(CC(=O)[O-])C(=O)[O-])C1=O. The van der Waals surface area contributed by atoms with Crippen molar-refractivity contribution in [2.24, 2.45) is 0 Å². The molecule has 130 valence electrons. The van der Waals surface area contributed by atoms with Crippen LogP contribution in [-0.4, -0.2) is 34.0 Å². The summed E-state index contributed by atoms with van der Waals surface area (Å²) in [6.07, 6.45) is 2.21. The van der Waals surface area contributed by atoms with Crippen LogP contribution in [0.25, 0.3) is 6.08 Å². The Morgan fingerprint density at radius 1 is 1.20 bits per heavy atom. The van der Waals surface area contributed by atoms with Crippen molar-refractivity contribution in [1.82, 2.24) is 4.90 Å². The molecule has 25 heavy (non-hydrogen) atoms. The minimum absolute atomic E-state index is 0.0132. The normalized spacial score (nSPS) is 17.9. The monoisotopic (exact) mass is 359 g/mol. The maximum absolute atomic E-state index is 12.3. The second-order valence-electron chi connectivity index (χ2n) is 5.26. The van der Waals surface area contributed by atoms with Crippen molar-refractivity contribution in [3.05, 3.63) is 52.4 Å². The molecule has 0 saturated carbocycles. The molecule has 2 amide bonds. The average Bonchev–Trinajstić information content (AvgIpc) is 2.79. The first-order valence-corrected chi connectivity index (χ1v) is 8.02. The number of imide groups is 1. The van der Waals surface area contributed by atoms with Gasteiger partial charge in [0.05, 0.1) is 16.9 Å². The lowest BCUT2D eigenvalue weighted by Crippen LogP contribution is -2.52. The van der Waals surface area contributed by atoms with Crippen LogP contribution in [0.2, 0.25) is 0 Å². The Balaban J connectivity index is 2.26. The van der Waals surface area contributed by atoms with E-state index in [1.165, 1.54) is 6.08 Å². The Labute approximate surface area is 147 Å². The first kappa shape index (κ1) is 18.5. The van der Waals surface area contributed by atoms with Gasteiger partial charge < -0.3 is 19.8 Å². The number of carboxylic acid groups (broad SMARTS) is 2. The average molecular weight is 359 g/mol. The fourth-order valence-corrected chi connectivity index (χ4v) is 3.17. The Kier molecular flexibility index (Phi) is 5.76. The van der Waals surface area contributed by atoms with E-state index in [0.29, 0.717) is 22.2 Å². The molecule has 0 aliphatic carbocycles.